The molecule has 0 radical (unpaired) electrons. The lowest BCUT2D eigenvalue weighted by Crippen LogP contribution is -2.48. The smallest absolute Gasteiger partial charge is 0.272 e. The summed E-state index contributed by atoms with van der Waals surface area (Å²) in [6, 6.07) is 17.7. The normalized spacial score (nSPS) is 13.8. The van der Waals surface area contributed by atoms with E-state index in [0.717, 1.165) is 61.0 Å². The number of amides is 1. The SMILES string of the molecule is CCCCOc1ccc(-c2cc(C(=O)N3CCN(c4ccc(OC)cc4)CC3)[nH]n2)cc1. The summed E-state index contributed by atoms with van der Waals surface area (Å²) >= 11 is 0. The Balaban J connectivity index is 1.33. The molecule has 0 aliphatic carbocycles. The second-order valence-corrected chi connectivity index (χ2v) is 7.87. The monoisotopic (exact) mass is 434 g/mol. The molecule has 32 heavy (non-hydrogen) atoms. The van der Waals surface area contributed by atoms with E-state index in [2.05, 4.69) is 34.2 Å². The summed E-state index contributed by atoms with van der Waals surface area (Å²) in [5.41, 5.74) is 3.36. The number of methoxy groups -OCH3 is 1. The van der Waals surface area contributed by atoms with Crippen molar-refractivity contribution < 1.29 is 14.3 Å². The largest absolute Gasteiger partial charge is 0.497 e. The van der Waals surface area contributed by atoms with Gasteiger partial charge in [-0.3, -0.25) is 9.89 Å². The molecule has 1 fully saturated rings. The second-order valence-electron chi connectivity index (χ2n) is 7.87. The highest BCUT2D eigenvalue weighted by Gasteiger charge is 2.24. The minimum atomic E-state index is -0.0161. The molecule has 1 aromatic heterocycles. The summed E-state index contributed by atoms with van der Waals surface area (Å²) in [5.74, 6) is 1.68. The van der Waals surface area contributed by atoms with Crippen LogP contribution in [0.15, 0.2) is 54.6 Å². The number of ether oxygens (including phenoxy) is 2. The van der Waals surface area contributed by atoms with Crippen LogP contribution in [0.1, 0.15) is 30.3 Å². The van der Waals surface area contributed by atoms with E-state index in [-0.39, 0.29) is 5.91 Å². The van der Waals surface area contributed by atoms with E-state index in [1.165, 1.54) is 0 Å². The molecule has 1 aliphatic heterocycles. The molecule has 7 heteroatoms. The Morgan fingerprint density at radius 2 is 1.69 bits per heavy atom. The standard InChI is InChI=1S/C25H30N4O3/c1-3-4-17-32-22-9-5-19(6-10-22)23-18-24(27-26-23)25(30)29-15-13-28(14-16-29)20-7-11-21(31-2)12-8-20/h5-12,18H,3-4,13-17H2,1-2H3,(H,26,27). The third-order valence-corrected chi connectivity index (χ3v) is 5.73. The van der Waals surface area contributed by atoms with Gasteiger partial charge in [-0.25, -0.2) is 0 Å². The average molecular weight is 435 g/mol. The van der Waals surface area contributed by atoms with Gasteiger partial charge >= 0.3 is 0 Å². The molecule has 4 rings (SSSR count). The number of anilines is 1. The predicted molar refractivity (Wildman–Crippen MR) is 126 cm³/mol. The lowest BCUT2D eigenvalue weighted by atomic mass is 10.1. The van der Waals surface area contributed by atoms with E-state index in [4.69, 9.17) is 9.47 Å². The number of rotatable bonds is 8. The van der Waals surface area contributed by atoms with E-state index in [0.29, 0.717) is 18.8 Å². The van der Waals surface area contributed by atoms with Gasteiger partial charge in [-0.2, -0.15) is 5.10 Å². The molecule has 7 nitrogen and oxygen atoms in total. The van der Waals surface area contributed by atoms with Crippen LogP contribution >= 0.6 is 0 Å². The van der Waals surface area contributed by atoms with Crippen LogP contribution in [0.5, 0.6) is 11.5 Å². The highest BCUT2D eigenvalue weighted by atomic mass is 16.5. The molecule has 0 atom stereocenters. The first kappa shape index (κ1) is 21.7. The van der Waals surface area contributed by atoms with E-state index in [9.17, 15) is 4.79 Å². The van der Waals surface area contributed by atoms with E-state index in [1.54, 1.807) is 7.11 Å². The molecule has 0 spiro atoms. The van der Waals surface area contributed by atoms with Crippen LogP contribution in [0.25, 0.3) is 11.3 Å². The van der Waals surface area contributed by atoms with E-state index >= 15 is 0 Å². The number of aromatic nitrogens is 2. The Morgan fingerprint density at radius 3 is 2.34 bits per heavy atom. The fraction of sp³-hybridized carbons (Fsp3) is 0.360. The van der Waals surface area contributed by atoms with Crippen molar-refractivity contribution in [2.24, 2.45) is 0 Å². The number of carbonyl (C=O) groups is 1. The molecule has 0 unspecified atom stereocenters. The van der Waals surface area contributed by atoms with Crippen molar-refractivity contribution >= 4 is 11.6 Å². The Morgan fingerprint density at radius 1 is 1.00 bits per heavy atom. The fourth-order valence-electron chi connectivity index (χ4n) is 3.77. The molecule has 1 saturated heterocycles. The first-order chi connectivity index (χ1) is 15.7. The number of H-pyrrole nitrogens is 1. The minimum Gasteiger partial charge on any atom is -0.497 e. The summed E-state index contributed by atoms with van der Waals surface area (Å²) in [6.45, 7) is 5.79. The summed E-state index contributed by atoms with van der Waals surface area (Å²) in [6.07, 6.45) is 2.15. The highest BCUT2D eigenvalue weighted by Crippen LogP contribution is 2.23. The van der Waals surface area contributed by atoms with Crippen molar-refractivity contribution in [1.82, 2.24) is 15.1 Å². The van der Waals surface area contributed by atoms with Gasteiger partial charge in [0.1, 0.15) is 17.2 Å². The molecule has 1 N–H and O–H groups in total. The first-order valence-corrected chi connectivity index (χ1v) is 11.1. The van der Waals surface area contributed by atoms with E-state index < -0.39 is 0 Å². The maximum absolute atomic E-state index is 13.0. The molecule has 1 amide bonds. The van der Waals surface area contributed by atoms with Gasteiger partial charge in [-0.05, 0) is 61.0 Å². The van der Waals surface area contributed by atoms with Gasteiger partial charge in [-0.1, -0.05) is 13.3 Å². The van der Waals surface area contributed by atoms with Crippen LogP contribution < -0.4 is 14.4 Å². The van der Waals surface area contributed by atoms with Gasteiger partial charge in [0.05, 0.1) is 19.4 Å². The van der Waals surface area contributed by atoms with Crippen LogP contribution in [0.2, 0.25) is 0 Å². The zero-order valence-corrected chi connectivity index (χ0v) is 18.7. The maximum Gasteiger partial charge on any atom is 0.272 e. The van der Waals surface area contributed by atoms with Gasteiger partial charge < -0.3 is 19.3 Å². The van der Waals surface area contributed by atoms with Crippen molar-refractivity contribution in [3.8, 4) is 22.8 Å². The number of benzene rings is 2. The van der Waals surface area contributed by atoms with Crippen LogP contribution in [0.3, 0.4) is 0 Å². The molecule has 1 aliphatic rings. The molecular formula is C25H30N4O3. The Bertz CT molecular complexity index is 1010. The minimum absolute atomic E-state index is 0.0161. The lowest BCUT2D eigenvalue weighted by molar-refractivity contribution is 0.0741. The van der Waals surface area contributed by atoms with Crippen LogP contribution in [0, 0.1) is 0 Å². The van der Waals surface area contributed by atoms with Gasteiger partial charge in [0.25, 0.3) is 5.91 Å². The lowest BCUT2D eigenvalue weighted by Gasteiger charge is -2.35. The topological polar surface area (TPSA) is 70.7 Å². The van der Waals surface area contributed by atoms with Crippen LogP contribution in [-0.2, 0) is 0 Å². The molecular weight excluding hydrogens is 404 g/mol. The number of piperazine rings is 1. The Labute approximate surface area is 188 Å². The van der Waals surface area contributed by atoms with Crippen molar-refractivity contribution in [2.75, 3.05) is 44.8 Å². The zero-order chi connectivity index (χ0) is 22.3. The summed E-state index contributed by atoms with van der Waals surface area (Å²) in [5, 5.41) is 7.26. The van der Waals surface area contributed by atoms with Gasteiger partial charge in [0, 0.05) is 37.4 Å². The van der Waals surface area contributed by atoms with Gasteiger partial charge in [0.15, 0.2) is 0 Å². The first-order valence-electron chi connectivity index (χ1n) is 11.1. The predicted octanol–water partition coefficient (Wildman–Crippen LogP) is 4.23. The molecule has 0 saturated carbocycles. The van der Waals surface area contributed by atoms with Crippen LogP contribution in [-0.4, -0.2) is 60.9 Å². The molecule has 168 valence electrons. The second kappa shape index (κ2) is 10.2. The molecule has 2 aromatic carbocycles. The van der Waals surface area contributed by atoms with Crippen molar-refractivity contribution in [3.05, 3.63) is 60.3 Å². The third kappa shape index (κ3) is 5.04. The summed E-state index contributed by atoms with van der Waals surface area (Å²) < 4.78 is 10.9. The molecule has 3 aromatic rings. The van der Waals surface area contributed by atoms with Crippen molar-refractivity contribution in [3.63, 3.8) is 0 Å². The van der Waals surface area contributed by atoms with E-state index in [1.807, 2.05) is 47.4 Å². The number of nitrogens with zero attached hydrogens (tertiary/aromatic N) is 3. The zero-order valence-electron chi connectivity index (χ0n) is 18.7. The third-order valence-electron chi connectivity index (χ3n) is 5.73. The number of unbranched alkanes of at least 4 members (excludes halogenated alkanes) is 1. The molecule has 0 bridgehead atoms. The van der Waals surface area contributed by atoms with Crippen LogP contribution in [0.4, 0.5) is 5.69 Å². The van der Waals surface area contributed by atoms with Crippen molar-refractivity contribution in [2.45, 2.75) is 19.8 Å². The number of hydrogen-bond donors (Lipinski definition) is 1. The van der Waals surface area contributed by atoms with Gasteiger partial charge in [0.2, 0.25) is 0 Å². The summed E-state index contributed by atoms with van der Waals surface area (Å²) in [4.78, 5) is 17.1. The van der Waals surface area contributed by atoms with Gasteiger partial charge in [-0.15, -0.1) is 0 Å². The number of carbonyl (C=O) groups excluding carboxylic acids is 1. The number of hydrogen-bond acceptors (Lipinski definition) is 5. The maximum atomic E-state index is 13.0. The van der Waals surface area contributed by atoms with Crippen molar-refractivity contribution in [1.29, 1.82) is 0 Å². The Kier molecular flexibility index (Phi) is 6.94. The fourth-order valence-corrected chi connectivity index (χ4v) is 3.77. The number of aromatic amines is 1. The Hall–Kier alpha value is -3.48. The average Bonchev–Trinajstić information content (AvgIpc) is 3.35. The highest BCUT2D eigenvalue weighted by molar-refractivity contribution is 5.93. The molecule has 2 heterocycles. The quantitative estimate of drug-likeness (QED) is 0.538. The number of nitrogens with one attached hydrogen (secondary N) is 1. The summed E-state index contributed by atoms with van der Waals surface area (Å²) in [7, 11) is 1.67.